The van der Waals surface area contributed by atoms with E-state index in [4.69, 9.17) is 14.6 Å². The van der Waals surface area contributed by atoms with E-state index in [-0.39, 0.29) is 67.4 Å². The van der Waals surface area contributed by atoms with Gasteiger partial charge >= 0.3 is 18.4 Å². The van der Waals surface area contributed by atoms with Crippen molar-refractivity contribution in [3.8, 4) is 5.75 Å². The molecule has 1 aliphatic carbocycles. The van der Waals surface area contributed by atoms with Gasteiger partial charge in [0.1, 0.15) is 12.7 Å². The van der Waals surface area contributed by atoms with Crippen LogP contribution in [0.4, 0.5) is 37.1 Å². The van der Waals surface area contributed by atoms with Gasteiger partial charge in [0.15, 0.2) is 5.75 Å². The molecule has 1 aliphatic heterocycles. The van der Waals surface area contributed by atoms with Crippen molar-refractivity contribution in [1.82, 2.24) is 14.9 Å². The average molecular weight is 647 g/mol. The Morgan fingerprint density at radius 3 is 1.98 bits per heavy atom. The van der Waals surface area contributed by atoms with Gasteiger partial charge in [0.2, 0.25) is 5.95 Å². The summed E-state index contributed by atoms with van der Waals surface area (Å²) in [6.07, 6.45) is -1.21. The van der Waals surface area contributed by atoms with E-state index in [9.17, 15) is 31.1 Å². The predicted molar refractivity (Wildman–Crippen MR) is 154 cm³/mol. The number of anilines is 1. The molecule has 2 fully saturated rings. The summed E-state index contributed by atoms with van der Waals surface area (Å²) in [6, 6.07) is 0.539. The highest BCUT2D eigenvalue weighted by molar-refractivity contribution is 5.69. The second-order valence-corrected chi connectivity index (χ2v) is 11.6. The molecule has 8 nitrogen and oxygen atoms in total. The number of likely N-dealkylation sites (tertiary alicyclic amines) is 1. The summed E-state index contributed by atoms with van der Waals surface area (Å²) >= 11 is 0. The van der Waals surface area contributed by atoms with Crippen LogP contribution in [-0.2, 0) is 23.6 Å². The molecule has 1 saturated heterocycles. The molecular formula is C31H40F6N4O4. The summed E-state index contributed by atoms with van der Waals surface area (Å²) in [4.78, 5) is 25.5. The third-order valence-corrected chi connectivity index (χ3v) is 8.52. The molecule has 45 heavy (non-hydrogen) atoms. The lowest BCUT2D eigenvalue weighted by molar-refractivity contribution is -0.143. The SMILES string of the molecule is CC[C@@H]1C[C@H](N(Cc2cc(C(F)(F)F)cc(C(F)(F)F)c2)c2ncc(OCCO)cn2)C[C@H](CC)N1C(=O)OC1CCCCC1. The van der Waals surface area contributed by atoms with Gasteiger partial charge in [-0.25, -0.2) is 14.8 Å². The fourth-order valence-corrected chi connectivity index (χ4v) is 6.28. The number of ether oxygens (including phenoxy) is 2. The Hall–Kier alpha value is -3.29. The van der Waals surface area contributed by atoms with Crippen LogP contribution in [0.15, 0.2) is 30.6 Å². The maximum absolute atomic E-state index is 13.7. The van der Waals surface area contributed by atoms with Crippen LogP contribution in [0.3, 0.4) is 0 Å². The Morgan fingerprint density at radius 1 is 0.933 bits per heavy atom. The van der Waals surface area contributed by atoms with Gasteiger partial charge in [-0.15, -0.1) is 0 Å². The van der Waals surface area contributed by atoms with E-state index in [2.05, 4.69) is 9.97 Å². The summed E-state index contributed by atoms with van der Waals surface area (Å²) in [5.74, 6) is 0.328. The zero-order chi connectivity index (χ0) is 32.8. The lowest BCUT2D eigenvalue weighted by Gasteiger charge is -2.47. The molecule has 250 valence electrons. The van der Waals surface area contributed by atoms with Gasteiger partial charge in [0.05, 0.1) is 30.1 Å². The lowest BCUT2D eigenvalue weighted by Crippen LogP contribution is -2.57. The smallest absolute Gasteiger partial charge is 0.416 e. The van der Waals surface area contributed by atoms with Crippen molar-refractivity contribution in [3.05, 3.63) is 47.3 Å². The molecule has 2 aliphatic rings. The molecule has 1 aromatic carbocycles. The van der Waals surface area contributed by atoms with E-state index < -0.39 is 29.5 Å². The number of benzene rings is 1. The fraction of sp³-hybridized carbons (Fsp3) is 0.645. The van der Waals surface area contributed by atoms with Crippen LogP contribution >= 0.6 is 0 Å². The number of hydrogen-bond acceptors (Lipinski definition) is 7. The van der Waals surface area contributed by atoms with Crippen LogP contribution in [0, 0.1) is 0 Å². The molecular weight excluding hydrogens is 606 g/mol. The molecule has 3 atom stereocenters. The standard InChI is InChI=1S/C31H40F6N4O4/c1-3-23-15-25(16-24(4-2)41(23)29(43)45-26-8-6-5-7-9-26)40(28-38-17-27(18-39-28)44-11-10-42)19-20-12-21(30(32,33)34)14-22(13-20)31(35,36)37/h12-14,17-18,23-26,42H,3-11,15-16,19H2,1-2H3/t23-,24+,25+. The van der Waals surface area contributed by atoms with E-state index in [1.54, 1.807) is 9.80 Å². The van der Waals surface area contributed by atoms with Gasteiger partial charge < -0.3 is 24.4 Å². The number of carbonyl (C=O) groups excluding carboxylic acids is 1. The van der Waals surface area contributed by atoms with Crippen molar-refractivity contribution < 1.29 is 45.7 Å². The number of hydrogen-bond donors (Lipinski definition) is 1. The van der Waals surface area contributed by atoms with Gasteiger partial charge in [-0.2, -0.15) is 26.3 Å². The van der Waals surface area contributed by atoms with Gasteiger partial charge in [0, 0.05) is 24.7 Å². The quantitative estimate of drug-likeness (QED) is 0.270. The minimum absolute atomic E-state index is 0.0113. The van der Waals surface area contributed by atoms with Crippen LogP contribution in [0.5, 0.6) is 5.75 Å². The number of aromatic nitrogens is 2. The maximum atomic E-state index is 13.7. The summed E-state index contributed by atoms with van der Waals surface area (Å²) < 4.78 is 93.4. The Kier molecular flexibility index (Phi) is 11.4. The zero-order valence-corrected chi connectivity index (χ0v) is 25.4. The first kappa shape index (κ1) is 34.6. The molecule has 14 heteroatoms. The molecule has 1 aromatic heterocycles. The fourth-order valence-electron chi connectivity index (χ4n) is 6.28. The summed E-state index contributed by atoms with van der Waals surface area (Å²) in [6.45, 7) is 3.26. The van der Waals surface area contributed by atoms with E-state index in [0.717, 1.165) is 32.1 Å². The van der Waals surface area contributed by atoms with Gasteiger partial charge in [-0.05, 0) is 75.1 Å². The first-order valence-corrected chi connectivity index (χ1v) is 15.4. The lowest BCUT2D eigenvalue weighted by atomic mass is 9.87. The summed E-state index contributed by atoms with van der Waals surface area (Å²) in [7, 11) is 0. The molecule has 0 bridgehead atoms. The van der Waals surface area contributed by atoms with Gasteiger partial charge in [0.25, 0.3) is 0 Å². The summed E-state index contributed by atoms with van der Waals surface area (Å²) in [5.41, 5.74) is -3.01. The van der Waals surface area contributed by atoms with Crippen LogP contribution < -0.4 is 9.64 Å². The number of alkyl halides is 6. The molecule has 0 radical (unpaired) electrons. The largest absolute Gasteiger partial charge is 0.488 e. The third kappa shape index (κ3) is 8.92. The zero-order valence-electron chi connectivity index (χ0n) is 25.4. The number of halogens is 6. The van der Waals surface area contributed by atoms with Gasteiger partial charge in [-0.1, -0.05) is 20.3 Å². The highest BCUT2D eigenvalue weighted by Gasteiger charge is 2.42. The molecule has 4 rings (SSSR count). The molecule has 1 amide bonds. The highest BCUT2D eigenvalue weighted by atomic mass is 19.4. The van der Waals surface area contributed by atoms with Crippen molar-refractivity contribution >= 4 is 12.0 Å². The monoisotopic (exact) mass is 646 g/mol. The minimum atomic E-state index is -4.99. The Labute approximate surface area is 258 Å². The van der Waals surface area contributed by atoms with Crippen molar-refractivity contribution in [2.45, 2.75) is 115 Å². The average Bonchev–Trinajstić information content (AvgIpc) is 3.01. The Morgan fingerprint density at radius 2 is 1.49 bits per heavy atom. The molecule has 2 aromatic rings. The summed E-state index contributed by atoms with van der Waals surface area (Å²) in [5, 5.41) is 9.04. The second kappa shape index (κ2) is 14.9. The number of nitrogens with zero attached hydrogens (tertiary/aromatic N) is 4. The van der Waals surface area contributed by atoms with Crippen LogP contribution in [0.2, 0.25) is 0 Å². The first-order chi connectivity index (χ1) is 21.3. The minimum Gasteiger partial charge on any atom is -0.488 e. The first-order valence-electron chi connectivity index (χ1n) is 15.4. The van der Waals surface area contributed by atoms with Crippen LogP contribution in [0.1, 0.15) is 88.3 Å². The number of aliphatic hydroxyl groups excluding tert-OH is 1. The molecule has 2 heterocycles. The maximum Gasteiger partial charge on any atom is 0.416 e. The Bertz CT molecular complexity index is 1210. The van der Waals surface area contributed by atoms with Crippen molar-refractivity contribution in [1.29, 1.82) is 0 Å². The van der Waals surface area contributed by atoms with Crippen LogP contribution in [-0.4, -0.2) is 63.5 Å². The predicted octanol–water partition coefficient (Wildman–Crippen LogP) is 7.38. The third-order valence-electron chi connectivity index (χ3n) is 8.52. The number of aliphatic hydroxyl groups is 1. The number of carbonyl (C=O) groups is 1. The number of rotatable bonds is 10. The number of amides is 1. The van der Waals surface area contributed by atoms with E-state index in [0.29, 0.717) is 37.8 Å². The van der Waals surface area contributed by atoms with Gasteiger partial charge in [-0.3, -0.25) is 0 Å². The van der Waals surface area contributed by atoms with Crippen molar-refractivity contribution in [3.63, 3.8) is 0 Å². The van der Waals surface area contributed by atoms with E-state index >= 15 is 0 Å². The molecule has 1 N–H and O–H groups in total. The molecule has 0 spiro atoms. The normalized spacial score (nSPS) is 21.4. The van der Waals surface area contributed by atoms with Crippen molar-refractivity contribution in [2.75, 3.05) is 18.1 Å². The topological polar surface area (TPSA) is 88.0 Å². The highest BCUT2D eigenvalue weighted by Crippen LogP contribution is 2.38. The molecule has 0 unspecified atom stereocenters. The van der Waals surface area contributed by atoms with E-state index in [1.165, 1.54) is 12.4 Å². The molecule has 1 saturated carbocycles. The Balaban J connectivity index is 1.68. The van der Waals surface area contributed by atoms with E-state index in [1.807, 2.05) is 13.8 Å². The second-order valence-electron chi connectivity index (χ2n) is 11.6. The number of piperidine rings is 1. The van der Waals surface area contributed by atoms with Crippen LogP contribution in [0.25, 0.3) is 0 Å². The van der Waals surface area contributed by atoms with Crippen molar-refractivity contribution in [2.24, 2.45) is 0 Å².